The molecule has 0 radical (unpaired) electrons. The van der Waals surface area contributed by atoms with Crippen LogP contribution >= 0.6 is 0 Å². The van der Waals surface area contributed by atoms with Crippen molar-refractivity contribution in [2.45, 2.75) is 6.54 Å². The number of nitrogens with zero attached hydrogens (tertiary/aromatic N) is 4. The van der Waals surface area contributed by atoms with Gasteiger partial charge in [0.15, 0.2) is 0 Å². The minimum Gasteiger partial charge on any atom is -0.264 e. The monoisotopic (exact) mass is 234 g/mol. The van der Waals surface area contributed by atoms with Gasteiger partial charge in [0, 0.05) is 17.1 Å². The molecule has 0 aliphatic carbocycles. The van der Waals surface area contributed by atoms with Gasteiger partial charge >= 0.3 is 0 Å². The zero-order valence-corrected chi connectivity index (χ0v) is 8.44. The molecule has 0 bridgehead atoms. The van der Waals surface area contributed by atoms with Crippen LogP contribution in [0.2, 0.25) is 0 Å². The average molecular weight is 234 g/mol. The van der Waals surface area contributed by atoms with Gasteiger partial charge in [0.25, 0.3) is 5.69 Å². The Kier molecular flexibility index (Phi) is 2.61. The molecular weight excluding hydrogens is 228 g/mol. The lowest BCUT2D eigenvalue weighted by molar-refractivity contribution is -0.497. The second-order valence-electron chi connectivity index (χ2n) is 3.28. The van der Waals surface area contributed by atoms with Crippen molar-refractivity contribution in [1.29, 1.82) is 0 Å². The van der Waals surface area contributed by atoms with Gasteiger partial charge in [0.1, 0.15) is 5.69 Å². The summed E-state index contributed by atoms with van der Waals surface area (Å²) in [4.78, 5) is 27.7. The van der Waals surface area contributed by atoms with Crippen LogP contribution in [0.25, 0.3) is 11.0 Å². The largest absolute Gasteiger partial charge is 0.271 e. The third kappa shape index (κ3) is 2.30. The molecule has 8 nitrogen and oxygen atoms in total. The van der Waals surface area contributed by atoms with Crippen LogP contribution < -0.4 is 0 Å². The maximum Gasteiger partial charge on any atom is 0.271 e. The van der Waals surface area contributed by atoms with Gasteiger partial charge in [-0.2, -0.15) is 0 Å². The Balaban J connectivity index is 2.50. The molecule has 0 N–H and O–H groups in total. The van der Waals surface area contributed by atoms with Crippen molar-refractivity contribution in [2.24, 2.45) is 0 Å². The summed E-state index contributed by atoms with van der Waals surface area (Å²) in [5.41, 5.74) is 0.786. The summed E-state index contributed by atoms with van der Waals surface area (Å²) in [6.45, 7) is -0.453. The second kappa shape index (κ2) is 4.08. The fourth-order valence-electron chi connectivity index (χ4n) is 1.36. The highest BCUT2D eigenvalue weighted by molar-refractivity contribution is 5.76. The van der Waals surface area contributed by atoms with E-state index in [4.69, 9.17) is 0 Å². The lowest BCUT2D eigenvalue weighted by atomic mass is 10.2. The van der Waals surface area contributed by atoms with Gasteiger partial charge < -0.3 is 0 Å². The van der Waals surface area contributed by atoms with E-state index >= 15 is 0 Å². The SMILES string of the molecule is O=[N+]([O-])Cc1cnc2ccc([N+](=O)[O-])cc2n1. The van der Waals surface area contributed by atoms with E-state index in [-0.39, 0.29) is 16.9 Å². The van der Waals surface area contributed by atoms with Gasteiger partial charge in [-0.15, -0.1) is 0 Å². The highest BCUT2D eigenvalue weighted by Crippen LogP contribution is 2.17. The van der Waals surface area contributed by atoms with Crippen molar-refractivity contribution in [3.63, 3.8) is 0 Å². The summed E-state index contributed by atoms with van der Waals surface area (Å²) in [7, 11) is 0. The van der Waals surface area contributed by atoms with E-state index in [2.05, 4.69) is 9.97 Å². The second-order valence-corrected chi connectivity index (χ2v) is 3.28. The zero-order chi connectivity index (χ0) is 12.4. The molecule has 1 aromatic carbocycles. The van der Waals surface area contributed by atoms with Crippen molar-refractivity contribution in [1.82, 2.24) is 9.97 Å². The molecule has 0 spiro atoms. The standard InChI is InChI=1S/C9H6N4O4/c14-12(15)5-6-4-10-8-2-1-7(13(16)17)3-9(8)11-6/h1-4H,5H2. The fraction of sp³-hybridized carbons (Fsp3) is 0.111. The third-order valence-corrected chi connectivity index (χ3v) is 2.08. The Morgan fingerprint density at radius 2 is 1.94 bits per heavy atom. The number of fused-ring (bicyclic) bond motifs is 1. The van der Waals surface area contributed by atoms with E-state index in [0.29, 0.717) is 5.52 Å². The molecule has 0 aliphatic heterocycles. The van der Waals surface area contributed by atoms with Crippen molar-refractivity contribution in [3.8, 4) is 0 Å². The number of nitro benzene ring substituents is 1. The Labute approximate surface area is 94.2 Å². The van der Waals surface area contributed by atoms with E-state index < -0.39 is 16.4 Å². The highest BCUT2D eigenvalue weighted by Gasteiger charge is 2.10. The van der Waals surface area contributed by atoms with Gasteiger partial charge in [-0.05, 0) is 6.07 Å². The van der Waals surface area contributed by atoms with Crippen LogP contribution in [0.3, 0.4) is 0 Å². The molecule has 2 rings (SSSR count). The van der Waals surface area contributed by atoms with Crippen molar-refractivity contribution < 1.29 is 9.85 Å². The molecule has 1 heterocycles. The summed E-state index contributed by atoms with van der Waals surface area (Å²) >= 11 is 0. The van der Waals surface area contributed by atoms with Gasteiger partial charge in [0.2, 0.25) is 6.54 Å². The van der Waals surface area contributed by atoms with E-state index in [1.54, 1.807) is 0 Å². The van der Waals surface area contributed by atoms with Crippen LogP contribution in [-0.2, 0) is 6.54 Å². The molecule has 0 saturated heterocycles. The molecule has 0 amide bonds. The van der Waals surface area contributed by atoms with E-state index in [1.165, 1.54) is 24.4 Å². The molecule has 17 heavy (non-hydrogen) atoms. The number of benzene rings is 1. The zero-order valence-electron chi connectivity index (χ0n) is 8.44. The molecule has 0 atom stereocenters. The first-order chi connectivity index (χ1) is 8.06. The number of hydrogen-bond acceptors (Lipinski definition) is 6. The summed E-state index contributed by atoms with van der Waals surface area (Å²) in [5, 5.41) is 20.9. The normalized spacial score (nSPS) is 10.4. The molecule has 0 aliphatic rings. The first kappa shape index (κ1) is 10.9. The predicted octanol–water partition coefficient (Wildman–Crippen LogP) is 1.31. The van der Waals surface area contributed by atoms with Crippen LogP contribution in [0.15, 0.2) is 24.4 Å². The first-order valence-electron chi connectivity index (χ1n) is 4.58. The number of non-ortho nitro benzene ring substituents is 1. The van der Waals surface area contributed by atoms with Gasteiger partial charge in [-0.25, -0.2) is 4.98 Å². The smallest absolute Gasteiger partial charge is 0.264 e. The van der Waals surface area contributed by atoms with Crippen molar-refractivity contribution >= 4 is 16.7 Å². The van der Waals surface area contributed by atoms with E-state index in [9.17, 15) is 20.2 Å². The number of rotatable bonds is 3. The molecule has 86 valence electrons. The maximum absolute atomic E-state index is 10.6. The van der Waals surface area contributed by atoms with Crippen LogP contribution in [0.4, 0.5) is 5.69 Å². The summed E-state index contributed by atoms with van der Waals surface area (Å²) < 4.78 is 0. The molecule has 1 aromatic heterocycles. The minimum absolute atomic E-state index is 0.120. The molecule has 0 saturated carbocycles. The van der Waals surface area contributed by atoms with Crippen LogP contribution in [-0.4, -0.2) is 19.8 Å². The Morgan fingerprint density at radius 1 is 1.18 bits per heavy atom. The number of aromatic nitrogens is 2. The van der Waals surface area contributed by atoms with Crippen LogP contribution in [0, 0.1) is 20.2 Å². The third-order valence-electron chi connectivity index (χ3n) is 2.08. The Bertz CT molecular complexity index is 613. The Morgan fingerprint density at radius 3 is 2.59 bits per heavy atom. The van der Waals surface area contributed by atoms with E-state index in [1.807, 2.05) is 0 Å². The lowest BCUT2D eigenvalue weighted by Crippen LogP contribution is -2.02. The lowest BCUT2D eigenvalue weighted by Gasteiger charge is -1.98. The predicted molar refractivity (Wildman–Crippen MR) is 56.9 cm³/mol. The highest BCUT2D eigenvalue weighted by atomic mass is 16.6. The topological polar surface area (TPSA) is 112 Å². The van der Waals surface area contributed by atoms with Crippen molar-refractivity contribution in [3.05, 3.63) is 50.3 Å². The molecule has 2 aromatic rings. The number of nitro groups is 2. The molecule has 0 fully saturated rings. The summed E-state index contributed by atoms with van der Waals surface area (Å²) in [5.74, 6) is 0. The van der Waals surface area contributed by atoms with Crippen molar-refractivity contribution in [2.75, 3.05) is 0 Å². The van der Waals surface area contributed by atoms with Gasteiger partial charge in [0.05, 0.1) is 22.2 Å². The summed E-state index contributed by atoms with van der Waals surface area (Å²) in [6, 6.07) is 4.01. The molecular formula is C9H6N4O4. The fourth-order valence-corrected chi connectivity index (χ4v) is 1.36. The van der Waals surface area contributed by atoms with Crippen LogP contribution in [0.5, 0.6) is 0 Å². The molecule has 8 heteroatoms. The van der Waals surface area contributed by atoms with E-state index in [0.717, 1.165) is 0 Å². The number of hydrogen-bond donors (Lipinski definition) is 0. The minimum atomic E-state index is -0.554. The average Bonchev–Trinajstić information content (AvgIpc) is 2.27. The summed E-state index contributed by atoms with van der Waals surface area (Å²) in [6.07, 6.45) is 1.29. The first-order valence-corrected chi connectivity index (χ1v) is 4.58. The van der Waals surface area contributed by atoms with Gasteiger partial charge in [-0.3, -0.25) is 25.2 Å². The Hall–Kier alpha value is -2.64. The quantitative estimate of drug-likeness (QED) is 0.584. The van der Waals surface area contributed by atoms with Crippen LogP contribution in [0.1, 0.15) is 5.69 Å². The maximum atomic E-state index is 10.6. The molecule has 0 unspecified atom stereocenters. The van der Waals surface area contributed by atoms with Gasteiger partial charge in [-0.1, -0.05) is 0 Å².